The zero-order chi connectivity index (χ0) is 24.9. The number of amides is 6. The van der Waals surface area contributed by atoms with Crippen LogP contribution < -0.4 is 10.6 Å². The fourth-order valence-corrected chi connectivity index (χ4v) is 4.63. The van der Waals surface area contributed by atoms with Gasteiger partial charge in [-0.15, -0.1) is 0 Å². The molecular weight excluding hydrogens is 448 g/mol. The fourth-order valence-electron chi connectivity index (χ4n) is 4.63. The Hall–Kier alpha value is -4.01. The Labute approximate surface area is 203 Å². The van der Waals surface area contributed by atoms with Crippen molar-refractivity contribution >= 4 is 35.3 Å². The maximum Gasteiger partial charge on any atom is 0.334 e. The summed E-state index contributed by atoms with van der Waals surface area (Å²) in [6.45, 7) is 1.67. The van der Waals surface area contributed by atoms with Gasteiger partial charge in [0.15, 0.2) is 0 Å². The van der Waals surface area contributed by atoms with Gasteiger partial charge in [0.2, 0.25) is 5.91 Å². The first kappa shape index (κ1) is 24.1. The van der Waals surface area contributed by atoms with Crippen LogP contribution in [0.25, 0.3) is 0 Å². The molecule has 2 aromatic rings. The van der Waals surface area contributed by atoms with Gasteiger partial charge < -0.3 is 10.6 Å². The second-order valence-corrected chi connectivity index (χ2v) is 8.94. The number of carbonyl (C=O) groups is 5. The molecule has 4 rings (SSSR count). The number of rotatable bonds is 7. The van der Waals surface area contributed by atoms with Crippen LogP contribution in [0.5, 0.6) is 0 Å². The third-order valence-electron chi connectivity index (χ3n) is 6.53. The lowest BCUT2D eigenvalue weighted by Gasteiger charge is -2.34. The second-order valence-electron chi connectivity index (χ2n) is 8.94. The zero-order valence-electron chi connectivity index (χ0n) is 19.5. The minimum atomic E-state index is -1.00. The molecule has 9 heteroatoms. The van der Waals surface area contributed by atoms with Crippen LogP contribution >= 0.6 is 0 Å². The minimum Gasteiger partial charge on any atom is -0.348 e. The number of hydrogen-bond acceptors (Lipinski definition) is 5. The van der Waals surface area contributed by atoms with Crippen LogP contribution in [0, 0.1) is 5.92 Å². The van der Waals surface area contributed by atoms with Gasteiger partial charge in [0.05, 0.1) is 11.3 Å². The van der Waals surface area contributed by atoms with Gasteiger partial charge in [-0.2, -0.15) is 0 Å². The Morgan fingerprint density at radius 1 is 0.914 bits per heavy atom. The van der Waals surface area contributed by atoms with E-state index in [0.717, 1.165) is 29.7 Å². The summed E-state index contributed by atoms with van der Waals surface area (Å²) in [6, 6.07) is 14.8. The van der Waals surface area contributed by atoms with Crippen LogP contribution in [0.1, 0.15) is 48.5 Å². The van der Waals surface area contributed by atoms with Gasteiger partial charge in [0.25, 0.3) is 5.91 Å². The molecule has 1 aliphatic carbocycles. The van der Waals surface area contributed by atoms with Crippen molar-refractivity contribution in [2.75, 3.05) is 11.9 Å². The van der Waals surface area contributed by atoms with E-state index < -0.39 is 30.3 Å². The summed E-state index contributed by atoms with van der Waals surface area (Å²) >= 11 is 0. The summed E-state index contributed by atoms with van der Waals surface area (Å²) in [5.41, 5.74) is 1.41. The molecule has 2 aliphatic rings. The quantitative estimate of drug-likeness (QED) is 0.471. The molecule has 2 N–H and O–H groups in total. The number of carbonyl (C=O) groups excluding carboxylic acids is 5. The Morgan fingerprint density at radius 3 is 2.34 bits per heavy atom. The van der Waals surface area contributed by atoms with Crippen molar-refractivity contribution in [2.45, 2.75) is 45.2 Å². The molecule has 1 heterocycles. The first-order chi connectivity index (χ1) is 16.9. The molecule has 0 spiro atoms. The molecule has 0 bridgehead atoms. The van der Waals surface area contributed by atoms with Gasteiger partial charge in [0.1, 0.15) is 6.54 Å². The van der Waals surface area contributed by atoms with E-state index in [2.05, 4.69) is 10.6 Å². The Morgan fingerprint density at radius 2 is 1.60 bits per heavy atom. The van der Waals surface area contributed by atoms with Crippen LogP contribution in [-0.2, 0) is 20.9 Å². The van der Waals surface area contributed by atoms with Crippen LogP contribution in [0.3, 0.4) is 0 Å². The Kier molecular flexibility index (Phi) is 7.24. The van der Waals surface area contributed by atoms with E-state index in [1.165, 1.54) is 0 Å². The van der Waals surface area contributed by atoms with Gasteiger partial charge in [-0.3, -0.25) is 24.1 Å². The summed E-state index contributed by atoms with van der Waals surface area (Å²) in [4.78, 5) is 65.2. The largest absolute Gasteiger partial charge is 0.348 e. The van der Waals surface area contributed by atoms with Crippen molar-refractivity contribution in [3.8, 4) is 0 Å². The lowest BCUT2D eigenvalue weighted by molar-refractivity contribution is -0.145. The molecule has 35 heavy (non-hydrogen) atoms. The standard InChI is InChI=1S/C26H28N4O5/c1-17-9-5-8-14-21(17)30-25(34)24(33)29(26(30)35)16-22(31)28-20-13-7-6-12-19(20)23(32)27-15-18-10-3-2-4-11-18/h2-4,6-7,10-13,17,21H,5,8-9,14-16H2,1H3,(H,27,32)(H,28,31)/t17-,21+/m0/s1. The van der Waals surface area contributed by atoms with E-state index in [0.29, 0.717) is 17.9 Å². The number of nitrogens with one attached hydrogen (secondary N) is 2. The van der Waals surface area contributed by atoms with E-state index in [9.17, 15) is 24.0 Å². The predicted octanol–water partition coefficient (Wildman–Crippen LogP) is 2.92. The maximum atomic E-state index is 12.9. The van der Waals surface area contributed by atoms with Crippen LogP contribution in [0.2, 0.25) is 0 Å². The highest BCUT2D eigenvalue weighted by Crippen LogP contribution is 2.31. The van der Waals surface area contributed by atoms with Crippen LogP contribution in [-0.4, -0.2) is 52.0 Å². The fraction of sp³-hybridized carbons (Fsp3) is 0.346. The molecular formula is C26H28N4O5. The third-order valence-corrected chi connectivity index (χ3v) is 6.53. The second kappa shape index (κ2) is 10.5. The summed E-state index contributed by atoms with van der Waals surface area (Å²) in [6.07, 6.45) is 3.42. The van der Waals surface area contributed by atoms with Crippen molar-refractivity contribution < 1.29 is 24.0 Å². The highest BCUT2D eigenvalue weighted by molar-refractivity contribution is 6.45. The van der Waals surface area contributed by atoms with Crippen LogP contribution in [0.4, 0.5) is 10.5 Å². The minimum absolute atomic E-state index is 0.0968. The van der Waals surface area contributed by atoms with Gasteiger partial charge in [-0.25, -0.2) is 9.69 Å². The number of para-hydroxylation sites is 1. The smallest absolute Gasteiger partial charge is 0.334 e. The summed E-state index contributed by atoms with van der Waals surface area (Å²) in [5.74, 6) is -2.86. The van der Waals surface area contributed by atoms with Crippen LogP contribution in [0.15, 0.2) is 54.6 Å². The summed E-state index contributed by atoms with van der Waals surface area (Å²) < 4.78 is 0. The molecule has 0 aromatic heterocycles. The molecule has 2 atom stereocenters. The van der Waals surface area contributed by atoms with Gasteiger partial charge in [-0.05, 0) is 36.5 Å². The van der Waals surface area contributed by atoms with Crippen molar-refractivity contribution in [3.63, 3.8) is 0 Å². The highest BCUT2D eigenvalue weighted by atomic mass is 16.2. The summed E-state index contributed by atoms with van der Waals surface area (Å²) in [7, 11) is 0. The van der Waals surface area contributed by atoms with E-state index >= 15 is 0 Å². The molecule has 2 fully saturated rings. The van der Waals surface area contributed by atoms with E-state index in [1.54, 1.807) is 24.3 Å². The topological polar surface area (TPSA) is 116 Å². The molecule has 1 saturated carbocycles. The Balaban J connectivity index is 1.41. The molecule has 6 amide bonds. The lowest BCUT2D eigenvalue weighted by Crippen LogP contribution is -2.46. The molecule has 1 aliphatic heterocycles. The van der Waals surface area contributed by atoms with Gasteiger partial charge in [-0.1, -0.05) is 62.2 Å². The zero-order valence-corrected chi connectivity index (χ0v) is 19.5. The third kappa shape index (κ3) is 5.24. The van der Waals surface area contributed by atoms with Crippen molar-refractivity contribution in [3.05, 3.63) is 65.7 Å². The number of anilines is 1. The molecule has 182 valence electrons. The number of benzene rings is 2. The van der Waals surface area contributed by atoms with Crippen molar-refractivity contribution in [1.82, 2.24) is 15.1 Å². The first-order valence-electron chi connectivity index (χ1n) is 11.8. The van der Waals surface area contributed by atoms with Gasteiger partial charge >= 0.3 is 17.8 Å². The average molecular weight is 477 g/mol. The van der Waals surface area contributed by atoms with Crippen molar-refractivity contribution in [2.24, 2.45) is 5.92 Å². The van der Waals surface area contributed by atoms with Crippen molar-refractivity contribution in [1.29, 1.82) is 0 Å². The molecule has 1 saturated heterocycles. The SMILES string of the molecule is C[C@H]1CCCC[C@H]1N1C(=O)C(=O)N(CC(=O)Nc2ccccc2C(=O)NCc2ccccc2)C1=O. The number of imide groups is 2. The predicted molar refractivity (Wildman–Crippen MR) is 128 cm³/mol. The number of nitrogens with zero attached hydrogens (tertiary/aromatic N) is 2. The Bertz CT molecular complexity index is 1150. The molecule has 0 unspecified atom stereocenters. The molecule has 2 aromatic carbocycles. The highest BCUT2D eigenvalue weighted by Gasteiger charge is 2.49. The molecule has 9 nitrogen and oxygen atoms in total. The van der Waals surface area contributed by atoms with E-state index in [4.69, 9.17) is 0 Å². The lowest BCUT2D eigenvalue weighted by atomic mass is 9.85. The van der Waals surface area contributed by atoms with E-state index in [-0.39, 0.29) is 29.1 Å². The first-order valence-corrected chi connectivity index (χ1v) is 11.8. The normalized spacial score (nSPS) is 20.2. The monoisotopic (exact) mass is 476 g/mol. The van der Waals surface area contributed by atoms with Gasteiger partial charge in [0, 0.05) is 12.6 Å². The number of urea groups is 1. The molecule has 0 radical (unpaired) electrons. The average Bonchev–Trinajstić information content (AvgIpc) is 3.07. The number of hydrogen-bond donors (Lipinski definition) is 2. The maximum absolute atomic E-state index is 12.9. The van der Waals surface area contributed by atoms with E-state index in [1.807, 2.05) is 37.3 Å². The summed E-state index contributed by atoms with van der Waals surface area (Å²) in [5, 5.41) is 5.41.